The minimum atomic E-state index is -1.85. The molecule has 0 heterocycles. The van der Waals surface area contributed by atoms with Crippen LogP contribution >= 0.6 is 23.4 Å². The molecule has 20 heavy (non-hydrogen) atoms. The van der Waals surface area contributed by atoms with E-state index >= 15 is 0 Å². The first-order valence-electron chi connectivity index (χ1n) is 6.38. The summed E-state index contributed by atoms with van der Waals surface area (Å²) in [5, 5.41) is 10.00. The van der Waals surface area contributed by atoms with E-state index in [4.69, 9.17) is 15.7 Å². The SMILES string of the molecule is C[Si](C)(CCl)O[Si](C)(C)CSc1ccccc1C(=O)O. The predicted molar refractivity (Wildman–Crippen MR) is 90.9 cm³/mol. The normalized spacial score (nSPS) is 12.4. The number of carboxylic acid groups (broad SMARTS) is 1. The van der Waals surface area contributed by atoms with E-state index in [2.05, 4.69) is 26.2 Å². The highest BCUT2D eigenvalue weighted by Crippen LogP contribution is 2.27. The van der Waals surface area contributed by atoms with Gasteiger partial charge in [0.1, 0.15) is 0 Å². The maximum Gasteiger partial charge on any atom is 0.336 e. The van der Waals surface area contributed by atoms with Crippen LogP contribution in [0.3, 0.4) is 0 Å². The van der Waals surface area contributed by atoms with Gasteiger partial charge < -0.3 is 9.22 Å². The van der Waals surface area contributed by atoms with Gasteiger partial charge in [-0.05, 0) is 38.3 Å². The monoisotopic (exact) mass is 348 g/mol. The number of carboxylic acids is 1. The second-order valence-corrected chi connectivity index (χ2v) is 16.7. The van der Waals surface area contributed by atoms with E-state index in [1.54, 1.807) is 23.9 Å². The topological polar surface area (TPSA) is 46.5 Å². The third kappa shape index (κ3) is 5.61. The van der Waals surface area contributed by atoms with E-state index in [-0.39, 0.29) is 0 Å². The van der Waals surface area contributed by atoms with Gasteiger partial charge in [0.05, 0.1) is 5.56 Å². The second kappa shape index (κ2) is 7.13. The third-order valence-electron chi connectivity index (χ3n) is 2.57. The summed E-state index contributed by atoms with van der Waals surface area (Å²) in [7, 11) is -3.64. The first-order chi connectivity index (χ1) is 9.17. The maximum absolute atomic E-state index is 11.2. The quantitative estimate of drug-likeness (QED) is 0.455. The van der Waals surface area contributed by atoms with E-state index in [9.17, 15) is 9.90 Å². The highest BCUT2D eigenvalue weighted by atomic mass is 35.5. The summed E-state index contributed by atoms with van der Waals surface area (Å²) < 4.78 is 6.27. The summed E-state index contributed by atoms with van der Waals surface area (Å²) in [6.07, 6.45) is 0. The van der Waals surface area contributed by atoms with Crippen molar-refractivity contribution in [2.24, 2.45) is 0 Å². The molecule has 0 saturated heterocycles. The molecule has 0 unspecified atom stereocenters. The van der Waals surface area contributed by atoms with E-state index < -0.39 is 22.6 Å². The van der Waals surface area contributed by atoms with Crippen LogP contribution in [0, 0.1) is 0 Å². The number of benzene rings is 1. The van der Waals surface area contributed by atoms with Crippen LogP contribution in [0.15, 0.2) is 29.2 Å². The van der Waals surface area contributed by atoms with Crippen molar-refractivity contribution < 1.29 is 14.0 Å². The number of hydrogen-bond acceptors (Lipinski definition) is 3. The van der Waals surface area contributed by atoms with Gasteiger partial charge >= 0.3 is 5.97 Å². The van der Waals surface area contributed by atoms with Gasteiger partial charge in [0.2, 0.25) is 0 Å². The smallest absolute Gasteiger partial charge is 0.336 e. The molecule has 0 spiro atoms. The Morgan fingerprint density at radius 1 is 1.25 bits per heavy atom. The molecule has 0 atom stereocenters. The first-order valence-corrected chi connectivity index (χ1v) is 14.1. The third-order valence-corrected chi connectivity index (χ3v) is 13.6. The van der Waals surface area contributed by atoms with Crippen LogP contribution in [0.4, 0.5) is 0 Å². The molecule has 112 valence electrons. The largest absolute Gasteiger partial charge is 0.478 e. The summed E-state index contributed by atoms with van der Waals surface area (Å²) in [5.41, 5.74) is 0.941. The molecule has 0 aliphatic carbocycles. The lowest BCUT2D eigenvalue weighted by Gasteiger charge is -2.32. The Balaban J connectivity index is 2.74. The fraction of sp³-hybridized carbons (Fsp3) is 0.462. The van der Waals surface area contributed by atoms with Crippen molar-refractivity contribution in [2.45, 2.75) is 31.1 Å². The molecule has 7 heteroatoms. The number of rotatable bonds is 7. The van der Waals surface area contributed by atoms with Crippen molar-refractivity contribution in [1.82, 2.24) is 0 Å². The fourth-order valence-corrected chi connectivity index (χ4v) is 11.8. The van der Waals surface area contributed by atoms with Gasteiger partial charge in [-0.15, -0.1) is 23.4 Å². The Morgan fingerprint density at radius 2 is 1.85 bits per heavy atom. The number of hydrogen-bond donors (Lipinski definition) is 1. The van der Waals surface area contributed by atoms with Crippen LogP contribution in [0.5, 0.6) is 0 Å². The Bertz CT molecular complexity index is 480. The summed E-state index contributed by atoms with van der Waals surface area (Å²) in [6.45, 7) is 8.55. The number of alkyl halides is 1. The highest BCUT2D eigenvalue weighted by Gasteiger charge is 2.32. The summed E-state index contributed by atoms with van der Waals surface area (Å²) >= 11 is 7.53. The van der Waals surface area contributed by atoms with Crippen molar-refractivity contribution in [2.75, 3.05) is 10.9 Å². The second-order valence-electron chi connectivity index (χ2n) is 5.85. The molecule has 0 saturated carbocycles. The van der Waals surface area contributed by atoms with E-state index in [0.29, 0.717) is 11.1 Å². The van der Waals surface area contributed by atoms with Crippen LogP contribution in [0.25, 0.3) is 0 Å². The Hall–Kier alpha value is -0.276. The lowest BCUT2D eigenvalue weighted by molar-refractivity contribution is 0.0693. The van der Waals surface area contributed by atoms with Gasteiger partial charge in [-0.1, -0.05) is 12.1 Å². The minimum Gasteiger partial charge on any atom is -0.478 e. The molecule has 3 nitrogen and oxygen atoms in total. The molecule has 1 aromatic rings. The molecule has 1 aromatic carbocycles. The molecule has 0 amide bonds. The van der Waals surface area contributed by atoms with Crippen LogP contribution in [-0.2, 0) is 4.12 Å². The molecule has 0 radical (unpaired) electrons. The Kier molecular flexibility index (Phi) is 6.34. The molecule has 0 aliphatic heterocycles. The molecule has 0 bridgehead atoms. The van der Waals surface area contributed by atoms with Crippen molar-refractivity contribution in [1.29, 1.82) is 0 Å². The van der Waals surface area contributed by atoms with Crippen LogP contribution in [0.1, 0.15) is 10.4 Å². The zero-order valence-corrected chi connectivity index (χ0v) is 15.8. The van der Waals surface area contributed by atoms with Crippen molar-refractivity contribution in [3.8, 4) is 0 Å². The standard InChI is InChI=1S/C13H21ClO3SSi2/c1-19(2,9-14)17-20(3,4)10-18-12-8-6-5-7-11(12)13(15)16/h5-8H,9-10H2,1-4H3,(H,15,16). The predicted octanol–water partition coefficient (Wildman–Crippen LogP) is 4.22. The van der Waals surface area contributed by atoms with Crippen molar-refractivity contribution in [3.05, 3.63) is 29.8 Å². The van der Waals surface area contributed by atoms with Gasteiger partial charge in [-0.2, -0.15) is 0 Å². The number of aromatic carboxylic acids is 1. The summed E-state index contributed by atoms with van der Waals surface area (Å²) in [5.74, 6) is -0.885. The average molecular weight is 349 g/mol. The number of thioether (sulfide) groups is 1. The van der Waals surface area contributed by atoms with Gasteiger partial charge in [0, 0.05) is 15.8 Å². The van der Waals surface area contributed by atoms with E-state index in [0.717, 1.165) is 10.3 Å². The zero-order chi connectivity index (χ0) is 15.4. The van der Waals surface area contributed by atoms with Crippen LogP contribution < -0.4 is 0 Å². The molecule has 0 aliphatic rings. The first kappa shape index (κ1) is 17.8. The van der Waals surface area contributed by atoms with E-state index in [1.165, 1.54) is 0 Å². The van der Waals surface area contributed by atoms with Gasteiger partial charge in [-0.3, -0.25) is 0 Å². The lowest BCUT2D eigenvalue weighted by atomic mass is 10.2. The summed E-state index contributed by atoms with van der Waals surface area (Å²) in [4.78, 5) is 12.0. The van der Waals surface area contributed by atoms with Crippen molar-refractivity contribution >= 4 is 46.0 Å². The highest BCUT2D eigenvalue weighted by molar-refractivity contribution is 8.01. The number of halogens is 1. The molecule has 1 rings (SSSR count). The van der Waals surface area contributed by atoms with Gasteiger partial charge in [-0.25, -0.2) is 4.79 Å². The molecule has 0 fully saturated rings. The van der Waals surface area contributed by atoms with Crippen LogP contribution in [0.2, 0.25) is 26.2 Å². The average Bonchev–Trinajstić information content (AvgIpc) is 2.35. The Labute approximate surface area is 131 Å². The lowest BCUT2D eigenvalue weighted by Crippen LogP contribution is -2.47. The minimum absolute atomic E-state index is 0.358. The molecule has 1 N–H and O–H groups in total. The molecular formula is C13H21ClO3SSi2. The molecule has 0 aromatic heterocycles. The summed E-state index contributed by atoms with van der Waals surface area (Å²) in [6, 6.07) is 7.10. The zero-order valence-electron chi connectivity index (χ0n) is 12.3. The van der Waals surface area contributed by atoms with Crippen LogP contribution in [-0.4, -0.2) is 38.6 Å². The van der Waals surface area contributed by atoms with Gasteiger partial charge in [0.15, 0.2) is 16.6 Å². The number of carbonyl (C=O) groups is 1. The Morgan fingerprint density at radius 3 is 2.40 bits per heavy atom. The maximum atomic E-state index is 11.2. The van der Waals surface area contributed by atoms with Gasteiger partial charge in [0.25, 0.3) is 0 Å². The molecular weight excluding hydrogens is 328 g/mol. The van der Waals surface area contributed by atoms with E-state index in [1.807, 2.05) is 12.1 Å². The van der Waals surface area contributed by atoms with Crippen molar-refractivity contribution in [3.63, 3.8) is 0 Å². The fourth-order valence-electron chi connectivity index (χ4n) is 1.83.